The summed E-state index contributed by atoms with van der Waals surface area (Å²) in [6.45, 7) is 2.78. The van der Waals surface area contributed by atoms with Gasteiger partial charge in [-0.15, -0.1) is 0 Å². The van der Waals surface area contributed by atoms with Gasteiger partial charge in [-0.1, -0.05) is 25.5 Å². The van der Waals surface area contributed by atoms with E-state index >= 15 is 0 Å². The van der Waals surface area contributed by atoms with Crippen LogP contribution in [-0.4, -0.2) is 40.4 Å². The molecule has 1 N–H and O–H groups in total. The molecule has 4 rings (SSSR count). The number of unbranched alkanes of at least 4 members (excludes halogenated alkanes) is 1. The van der Waals surface area contributed by atoms with E-state index in [0.29, 0.717) is 17.9 Å². The highest BCUT2D eigenvalue weighted by Gasteiger charge is 2.46. The van der Waals surface area contributed by atoms with E-state index in [2.05, 4.69) is 11.9 Å². The fourth-order valence-corrected chi connectivity index (χ4v) is 4.12. The lowest BCUT2D eigenvalue weighted by molar-refractivity contribution is -0.140. The largest absolute Gasteiger partial charge is 0.507 e. The van der Waals surface area contributed by atoms with Crippen LogP contribution in [0.3, 0.4) is 0 Å². The molecule has 0 spiro atoms. The van der Waals surface area contributed by atoms with Crippen LogP contribution in [0.1, 0.15) is 42.5 Å². The van der Waals surface area contributed by atoms with Crippen LogP contribution in [0, 0.1) is 5.82 Å². The maximum Gasteiger partial charge on any atom is 0.295 e. The smallest absolute Gasteiger partial charge is 0.295 e. The number of Topliss-reactive ketones (excluding diaryl/α,β-unsaturated/α-hetero) is 1. The van der Waals surface area contributed by atoms with Crippen LogP contribution in [0.5, 0.6) is 11.5 Å². The van der Waals surface area contributed by atoms with Crippen LogP contribution in [0.2, 0.25) is 0 Å². The number of aliphatic hydroxyl groups is 1. The Morgan fingerprint density at radius 2 is 1.81 bits per heavy atom. The number of hydrogen-bond acceptors (Lipinski definition) is 6. The van der Waals surface area contributed by atoms with Crippen LogP contribution in [0.15, 0.2) is 72.6 Å². The van der Waals surface area contributed by atoms with Gasteiger partial charge in [0, 0.05) is 24.5 Å². The number of hydrogen-bond donors (Lipinski definition) is 1. The monoisotopic (exact) mass is 490 g/mol. The lowest BCUT2D eigenvalue weighted by atomic mass is 9.95. The summed E-state index contributed by atoms with van der Waals surface area (Å²) in [6.07, 6.45) is 5.13. The predicted octanol–water partition coefficient (Wildman–Crippen LogP) is 5.03. The molecule has 0 bridgehead atoms. The Kier molecular flexibility index (Phi) is 7.63. The highest BCUT2D eigenvalue weighted by molar-refractivity contribution is 6.46. The van der Waals surface area contributed by atoms with Crippen molar-refractivity contribution >= 4 is 17.4 Å². The van der Waals surface area contributed by atoms with Gasteiger partial charge in [-0.2, -0.15) is 0 Å². The summed E-state index contributed by atoms with van der Waals surface area (Å²) in [5.41, 5.74) is 1.34. The molecule has 0 radical (unpaired) electrons. The molecule has 1 aliphatic heterocycles. The molecular formula is C28H27FN2O5. The zero-order valence-electron chi connectivity index (χ0n) is 20.1. The third-order valence-electron chi connectivity index (χ3n) is 6.03. The second-order valence-electron chi connectivity index (χ2n) is 8.40. The number of halogens is 1. The zero-order valence-corrected chi connectivity index (χ0v) is 20.1. The van der Waals surface area contributed by atoms with E-state index in [0.717, 1.165) is 24.5 Å². The number of nitrogens with zero attached hydrogens (tertiary/aromatic N) is 2. The van der Waals surface area contributed by atoms with Gasteiger partial charge >= 0.3 is 0 Å². The molecule has 1 aliphatic rings. The van der Waals surface area contributed by atoms with E-state index in [4.69, 9.17) is 9.47 Å². The average molecular weight is 491 g/mol. The number of carbonyl (C=O) groups is 2. The Morgan fingerprint density at radius 3 is 2.44 bits per heavy atom. The van der Waals surface area contributed by atoms with Crippen LogP contribution in [0.4, 0.5) is 4.39 Å². The molecule has 0 unspecified atom stereocenters. The normalized spacial score (nSPS) is 16.9. The van der Waals surface area contributed by atoms with Gasteiger partial charge in [0.2, 0.25) is 0 Å². The van der Waals surface area contributed by atoms with Crippen LogP contribution < -0.4 is 9.47 Å². The molecule has 2 aromatic carbocycles. The van der Waals surface area contributed by atoms with Crippen molar-refractivity contribution in [2.45, 2.75) is 32.4 Å². The van der Waals surface area contributed by atoms with Gasteiger partial charge in [0.05, 0.1) is 25.3 Å². The Bertz CT molecular complexity index is 1270. The number of benzene rings is 2. The molecule has 3 aromatic rings. The third-order valence-corrected chi connectivity index (χ3v) is 6.03. The number of pyridine rings is 1. The molecule has 0 aliphatic carbocycles. The van der Waals surface area contributed by atoms with Crippen molar-refractivity contribution in [1.82, 2.24) is 9.88 Å². The first-order chi connectivity index (χ1) is 17.4. The molecule has 36 heavy (non-hydrogen) atoms. The van der Waals surface area contributed by atoms with E-state index < -0.39 is 29.3 Å². The van der Waals surface area contributed by atoms with Gasteiger partial charge in [0.25, 0.3) is 11.7 Å². The first-order valence-corrected chi connectivity index (χ1v) is 11.7. The topological polar surface area (TPSA) is 89.0 Å². The summed E-state index contributed by atoms with van der Waals surface area (Å²) in [5, 5.41) is 11.1. The summed E-state index contributed by atoms with van der Waals surface area (Å²) in [6, 6.07) is 13.6. The molecule has 1 fully saturated rings. The molecule has 2 heterocycles. The second kappa shape index (κ2) is 11.0. The van der Waals surface area contributed by atoms with E-state index in [1.807, 2.05) is 0 Å². The van der Waals surface area contributed by atoms with Crippen molar-refractivity contribution in [3.05, 3.63) is 95.1 Å². The number of ether oxygens (including phenoxy) is 2. The maximum absolute atomic E-state index is 14.4. The molecular weight excluding hydrogens is 463 g/mol. The fraction of sp³-hybridized carbons (Fsp3) is 0.250. The van der Waals surface area contributed by atoms with Gasteiger partial charge in [-0.05, 0) is 60.0 Å². The maximum atomic E-state index is 14.4. The van der Waals surface area contributed by atoms with Gasteiger partial charge < -0.3 is 19.5 Å². The highest BCUT2D eigenvalue weighted by atomic mass is 19.1. The van der Waals surface area contributed by atoms with Gasteiger partial charge in [-0.25, -0.2) is 4.39 Å². The van der Waals surface area contributed by atoms with Crippen LogP contribution >= 0.6 is 0 Å². The third kappa shape index (κ3) is 5.07. The summed E-state index contributed by atoms with van der Waals surface area (Å²) >= 11 is 0. The summed E-state index contributed by atoms with van der Waals surface area (Å²) in [5.74, 6) is -2.09. The molecule has 1 atom stereocenters. The van der Waals surface area contributed by atoms with Crippen LogP contribution in [-0.2, 0) is 16.1 Å². The second-order valence-corrected chi connectivity index (χ2v) is 8.40. The van der Waals surface area contributed by atoms with Crippen molar-refractivity contribution in [1.29, 1.82) is 0 Å². The number of aromatic nitrogens is 1. The van der Waals surface area contributed by atoms with E-state index in [9.17, 15) is 19.1 Å². The quantitative estimate of drug-likeness (QED) is 0.196. The van der Waals surface area contributed by atoms with Crippen LogP contribution in [0.25, 0.3) is 5.76 Å². The lowest BCUT2D eigenvalue weighted by Gasteiger charge is -2.25. The molecule has 0 saturated carbocycles. The Morgan fingerprint density at radius 1 is 1.08 bits per heavy atom. The standard InChI is InChI=1S/C28H27FN2O5/c1-3-4-15-36-21-8-5-19(6-9-21)25-24(26(32)20-7-10-23(35-2)22(29)16-20)27(33)28(34)31(25)17-18-11-13-30-14-12-18/h5-14,16,25,32H,3-4,15,17H2,1-2H3/t25-/m1/s1. The molecule has 1 saturated heterocycles. The minimum atomic E-state index is -0.881. The summed E-state index contributed by atoms with van der Waals surface area (Å²) in [7, 11) is 1.33. The molecule has 1 amide bonds. The minimum absolute atomic E-state index is 0.0000924. The summed E-state index contributed by atoms with van der Waals surface area (Å²) in [4.78, 5) is 31.7. The van der Waals surface area contributed by atoms with E-state index in [1.165, 1.54) is 24.1 Å². The first kappa shape index (κ1) is 24.9. The number of likely N-dealkylation sites (tertiary alicyclic amines) is 1. The van der Waals surface area contributed by atoms with E-state index in [1.54, 1.807) is 48.8 Å². The zero-order chi connectivity index (χ0) is 25.7. The van der Waals surface area contributed by atoms with Crippen molar-refractivity contribution in [3.63, 3.8) is 0 Å². The Labute approximate surface area is 208 Å². The SMILES string of the molecule is CCCCOc1ccc([C@@H]2C(=C(O)c3ccc(OC)c(F)c3)C(=O)C(=O)N2Cc2ccncc2)cc1. The number of ketones is 1. The molecule has 8 heteroatoms. The molecule has 7 nitrogen and oxygen atoms in total. The number of rotatable bonds is 9. The van der Waals surface area contributed by atoms with Crippen molar-refractivity contribution in [2.75, 3.05) is 13.7 Å². The molecule has 186 valence electrons. The van der Waals surface area contributed by atoms with E-state index in [-0.39, 0.29) is 23.4 Å². The fourth-order valence-electron chi connectivity index (χ4n) is 4.12. The summed E-state index contributed by atoms with van der Waals surface area (Å²) < 4.78 is 25.1. The number of carbonyl (C=O) groups excluding carboxylic acids is 2. The van der Waals surface area contributed by atoms with Crippen molar-refractivity contribution in [3.8, 4) is 11.5 Å². The highest BCUT2D eigenvalue weighted by Crippen LogP contribution is 2.41. The van der Waals surface area contributed by atoms with Gasteiger partial charge in [-0.3, -0.25) is 14.6 Å². The lowest BCUT2D eigenvalue weighted by Crippen LogP contribution is -2.29. The number of amides is 1. The predicted molar refractivity (Wildman–Crippen MR) is 132 cm³/mol. The van der Waals surface area contributed by atoms with Gasteiger partial charge in [0.1, 0.15) is 11.5 Å². The van der Waals surface area contributed by atoms with Gasteiger partial charge in [0.15, 0.2) is 11.6 Å². The molecule has 1 aromatic heterocycles. The van der Waals surface area contributed by atoms with Crippen molar-refractivity contribution < 1.29 is 28.6 Å². The number of methoxy groups -OCH3 is 1. The Balaban J connectivity index is 1.78. The number of aliphatic hydroxyl groups excluding tert-OH is 1. The van der Waals surface area contributed by atoms with Crippen molar-refractivity contribution in [2.24, 2.45) is 0 Å². The first-order valence-electron chi connectivity index (χ1n) is 11.7. The Hall–Kier alpha value is -4.20. The average Bonchev–Trinajstić information content (AvgIpc) is 3.14. The minimum Gasteiger partial charge on any atom is -0.507 e.